The Balaban J connectivity index is 2.65. The minimum atomic E-state index is -0.967. The average molecular weight is 296 g/mol. The Morgan fingerprint density at radius 2 is 1.95 bits per heavy atom. The van der Waals surface area contributed by atoms with Crippen molar-refractivity contribution in [3.8, 4) is 0 Å². The number of hydrogen-bond acceptors (Lipinski definition) is 2. The Labute approximate surface area is 123 Å². The predicted molar refractivity (Wildman–Crippen MR) is 77.3 cm³/mol. The topological polar surface area (TPSA) is 69.6 Å². The van der Waals surface area contributed by atoms with Crippen LogP contribution in [0.3, 0.4) is 0 Å². The van der Waals surface area contributed by atoms with E-state index in [4.69, 9.17) is 5.11 Å². The van der Waals surface area contributed by atoms with Crippen LogP contribution in [0.4, 0.5) is 9.18 Å². The zero-order valence-electron chi connectivity index (χ0n) is 12.5. The summed E-state index contributed by atoms with van der Waals surface area (Å²) in [5, 5.41) is 11.5. The summed E-state index contributed by atoms with van der Waals surface area (Å²) in [5.74, 6) is -1.35. The van der Waals surface area contributed by atoms with Crippen molar-refractivity contribution < 1.29 is 19.1 Å². The minimum absolute atomic E-state index is 0.00749. The molecule has 2 amide bonds. The molecule has 21 heavy (non-hydrogen) atoms. The largest absolute Gasteiger partial charge is 0.481 e. The molecule has 0 aliphatic rings. The smallest absolute Gasteiger partial charge is 0.317 e. The standard InChI is InChI=1S/C15H21FN2O3/c1-10(2)13(8-14(19)20)17-15(21)18(3)9-11-6-4-5-7-12(11)16/h4-7,10,13H,8-9H2,1-3H3,(H,17,21)(H,19,20). The fraction of sp³-hybridized carbons (Fsp3) is 0.467. The summed E-state index contributed by atoms with van der Waals surface area (Å²) in [7, 11) is 1.54. The number of nitrogens with one attached hydrogen (secondary N) is 1. The van der Waals surface area contributed by atoms with Crippen LogP contribution in [0.5, 0.6) is 0 Å². The SMILES string of the molecule is CC(C)C(CC(=O)O)NC(=O)N(C)Cc1ccccc1F. The molecule has 1 aromatic carbocycles. The Hall–Kier alpha value is -2.11. The predicted octanol–water partition coefficient (Wildman–Crippen LogP) is 2.47. The van der Waals surface area contributed by atoms with E-state index in [1.807, 2.05) is 13.8 Å². The molecule has 0 saturated heterocycles. The van der Waals surface area contributed by atoms with Crippen LogP contribution in [0.15, 0.2) is 24.3 Å². The highest BCUT2D eigenvalue weighted by molar-refractivity contribution is 5.75. The number of carbonyl (C=O) groups excluding carboxylic acids is 1. The summed E-state index contributed by atoms with van der Waals surface area (Å²) >= 11 is 0. The van der Waals surface area contributed by atoms with Crippen molar-refractivity contribution in [2.45, 2.75) is 32.9 Å². The molecule has 0 spiro atoms. The maximum atomic E-state index is 13.5. The number of nitrogens with zero attached hydrogens (tertiary/aromatic N) is 1. The fourth-order valence-corrected chi connectivity index (χ4v) is 1.86. The van der Waals surface area contributed by atoms with Crippen molar-refractivity contribution in [3.05, 3.63) is 35.6 Å². The normalized spacial score (nSPS) is 12.0. The number of carbonyl (C=O) groups is 2. The van der Waals surface area contributed by atoms with E-state index in [0.717, 1.165) is 0 Å². The van der Waals surface area contributed by atoms with E-state index in [-0.39, 0.29) is 24.7 Å². The minimum Gasteiger partial charge on any atom is -0.481 e. The van der Waals surface area contributed by atoms with Gasteiger partial charge in [-0.3, -0.25) is 4.79 Å². The Morgan fingerprint density at radius 3 is 2.48 bits per heavy atom. The van der Waals surface area contributed by atoms with Gasteiger partial charge in [-0.2, -0.15) is 0 Å². The van der Waals surface area contributed by atoms with Crippen molar-refractivity contribution in [1.82, 2.24) is 10.2 Å². The van der Waals surface area contributed by atoms with Crippen LogP contribution in [-0.4, -0.2) is 35.1 Å². The maximum absolute atomic E-state index is 13.5. The van der Waals surface area contributed by atoms with Crippen molar-refractivity contribution in [3.63, 3.8) is 0 Å². The number of aliphatic carboxylic acids is 1. The molecule has 0 aliphatic carbocycles. The molecule has 0 bridgehead atoms. The van der Waals surface area contributed by atoms with E-state index in [9.17, 15) is 14.0 Å². The number of halogens is 1. The van der Waals surface area contributed by atoms with Gasteiger partial charge in [-0.1, -0.05) is 32.0 Å². The highest BCUT2D eigenvalue weighted by Gasteiger charge is 2.21. The molecule has 0 aromatic heterocycles. The quantitative estimate of drug-likeness (QED) is 0.847. The Kier molecular flexibility index (Phi) is 6.14. The zero-order chi connectivity index (χ0) is 16.0. The molecule has 116 valence electrons. The molecule has 2 N–H and O–H groups in total. The van der Waals surface area contributed by atoms with Crippen molar-refractivity contribution >= 4 is 12.0 Å². The van der Waals surface area contributed by atoms with Gasteiger partial charge in [0.1, 0.15) is 5.82 Å². The highest BCUT2D eigenvalue weighted by Crippen LogP contribution is 2.10. The van der Waals surface area contributed by atoms with E-state index in [2.05, 4.69) is 5.32 Å². The first-order valence-corrected chi connectivity index (χ1v) is 6.78. The van der Waals surface area contributed by atoms with Gasteiger partial charge in [0.05, 0.1) is 6.42 Å². The molecule has 0 aliphatic heterocycles. The van der Waals surface area contributed by atoms with E-state index in [1.165, 1.54) is 11.0 Å². The summed E-state index contributed by atoms with van der Waals surface area (Å²) in [5.41, 5.74) is 0.412. The molecule has 0 radical (unpaired) electrons. The number of carboxylic acid groups (broad SMARTS) is 1. The van der Waals surface area contributed by atoms with Crippen LogP contribution in [-0.2, 0) is 11.3 Å². The average Bonchev–Trinajstić information content (AvgIpc) is 2.39. The third-order valence-corrected chi connectivity index (χ3v) is 3.22. The first-order chi connectivity index (χ1) is 9.81. The molecule has 0 heterocycles. The van der Waals surface area contributed by atoms with E-state index in [1.54, 1.807) is 25.2 Å². The fourth-order valence-electron chi connectivity index (χ4n) is 1.86. The number of rotatable bonds is 6. The van der Waals surface area contributed by atoms with Gasteiger partial charge in [0, 0.05) is 25.2 Å². The zero-order valence-corrected chi connectivity index (χ0v) is 12.5. The maximum Gasteiger partial charge on any atom is 0.317 e. The lowest BCUT2D eigenvalue weighted by Crippen LogP contribution is -2.46. The van der Waals surface area contributed by atoms with Crippen LogP contribution in [0.25, 0.3) is 0 Å². The van der Waals surface area contributed by atoms with Crippen LogP contribution >= 0.6 is 0 Å². The number of carboxylic acids is 1. The molecule has 0 fully saturated rings. The molecular formula is C15H21FN2O3. The van der Waals surface area contributed by atoms with E-state index >= 15 is 0 Å². The number of urea groups is 1. The van der Waals surface area contributed by atoms with E-state index in [0.29, 0.717) is 5.56 Å². The van der Waals surface area contributed by atoms with Crippen LogP contribution < -0.4 is 5.32 Å². The Morgan fingerprint density at radius 1 is 1.33 bits per heavy atom. The van der Waals surface area contributed by atoms with Crippen LogP contribution in [0.1, 0.15) is 25.8 Å². The molecule has 0 saturated carbocycles. The first-order valence-electron chi connectivity index (χ1n) is 6.78. The summed E-state index contributed by atoms with van der Waals surface area (Å²) < 4.78 is 13.5. The molecule has 1 aromatic rings. The summed E-state index contributed by atoms with van der Waals surface area (Å²) in [6, 6.07) is 5.35. The molecule has 1 rings (SSSR count). The Bertz CT molecular complexity index is 505. The molecule has 6 heteroatoms. The van der Waals surface area contributed by atoms with E-state index < -0.39 is 18.0 Å². The van der Waals surface area contributed by atoms with Crippen LogP contribution in [0, 0.1) is 11.7 Å². The highest BCUT2D eigenvalue weighted by atomic mass is 19.1. The van der Waals surface area contributed by atoms with Gasteiger partial charge in [0.15, 0.2) is 0 Å². The molecule has 1 atom stereocenters. The van der Waals surface area contributed by atoms with Gasteiger partial charge < -0.3 is 15.3 Å². The second-order valence-electron chi connectivity index (χ2n) is 5.35. The monoisotopic (exact) mass is 296 g/mol. The lowest BCUT2D eigenvalue weighted by molar-refractivity contribution is -0.137. The summed E-state index contributed by atoms with van der Waals surface area (Å²) in [6.45, 7) is 3.80. The van der Waals surface area contributed by atoms with Gasteiger partial charge in [-0.25, -0.2) is 9.18 Å². The molecule has 1 unspecified atom stereocenters. The summed E-state index contributed by atoms with van der Waals surface area (Å²) in [6.07, 6.45) is -0.142. The van der Waals surface area contributed by atoms with Gasteiger partial charge in [-0.05, 0) is 12.0 Å². The van der Waals surface area contributed by atoms with Gasteiger partial charge >= 0.3 is 12.0 Å². The van der Waals surface area contributed by atoms with Crippen molar-refractivity contribution in [2.75, 3.05) is 7.05 Å². The first kappa shape index (κ1) is 16.9. The van der Waals surface area contributed by atoms with Gasteiger partial charge in [0.2, 0.25) is 0 Å². The van der Waals surface area contributed by atoms with Crippen molar-refractivity contribution in [1.29, 1.82) is 0 Å². The molecule has 5 nitrogen and oxygen atoms in total. The second kappa shape index (κ2) is 7.61. The number of hydrogen-bond donors (Lipinski definition) is 2. The van der Waals surface area contributed by atoms with Crippen LogP contribution in [0.2, 0.25) is 0 Å². The van der Waals surface area contributed by atoms with Gasteiger partial charge in [-0.15, -0.1) is 0 Å². The molecular weight excluding hydrogens is 275 g/mol. The summed E-state index contributed by atoms with van der Waals surface area (Å²) in [4.78, 5) is 24.2. The lowest BCUT2D eigenvalue weighted by Gasteiger charge is -2.25. The third kappa shape index (κ3) is 5.41. The van der Waals surface area contributed by atoms with Crippen molar-refractivity contribution in [2.24, 2.45) is 5.92 Å². The second-order valence-corrected chi connectivity index (χ2v) is 5.35. The number of benzene rings is 1. The number of amides is 2. The third-order valence-electron chi connectivity index (χ3n) is 3.22. The lowest BCUT2D eigenvalue weighted by atomic mass is 10.0. The van der Waals surface area contributed by atoms with Gasteiger partial charge in [0.25, 0.3) is 0 Å².